The minimum absolute atomic E-state index is 0.130. The number of nitrogens with one attached hydrogen (secondary N) is 2. The Morgan fingerprint density at radius 3 is 1.74 bits per heavy atom. The van der Waals surface area contributed by atoms with Gasteiger partial charge in [-0.25, -0.2) is 0 Å². The molecule has 1 aliphatic carbocycles. The summed E-state index contributed by atoms with van der Waals surface area (Å²) in [5, 5.41) is 7.68. The number of rotatable bonds is 11. The third-order valence-electron chi connectivity index (χ3n) is 6.15. The van der Waals surface area contributed by atoms with Gasteiger partial charge >= 0.3 is 0 Å². The van der Waals surface area contributed by atoms with Crippen LogP contribution in [0, 0.1) is 0 Å². The monoisotopic (exact) mass is 360 g/mol. The first kappa shape index (κ1) is 21.7. The van der Waals surface area contributed by atoms with Gasteiger partial charge in [0.25, 0.3) is 0 Å². The fourth-order valence-corrected chi connectivity index (χ4v) is 3.72. The second-order valence-corrected chi connectivity index (χ2v) is 9.56. The van der Waals surface area contributed by atoms with Crippen LogP contribution in [-0.4, -0.2) is 34.7 Å². The third kappa shape index (κ3) is 6.80. The summed E-state index contributed by atoms with van der Waals surface area (Å²) in [4.78, 5) is 0. The van der Waals surface area contributed by atoms with E-state index in [1.807, 2.05) is 0 Å². The van der Waals surface area contributed by atoms with Crippen LogP contribution in [0.1, 0.15) is 85.5 Å². The third-order valence-corrected chi connectivity index (χ3v) is 7.73. The van der Waals surface area contributed by atoms with E-state index < -0.39 is 0 Å². The summed E-state index contributed by atoms with van der Waals surface area (Å²) < 4.78 is 0.264. The van der Waals surface area contributed by atoms with Gasteiger partial charge in [-0.05, 0) is 38.5 Å². The van der Waals surface area contributed by atoms with Crippen LogP contribution in [0.3, 0.4) is 0 Å². The molecule has 0 saturated heterocycles. The molecule has 0 spiro atoms. The number of hydrogen-bond donors (Lipinski definition) is 4. The summed E-state index contributed by atoms with van der Waals surface area (Å²) >= 11 is 9.80. The van der Waals surface area contributed by atoms with E-state index in [-0.39, 0.29) is 15.0 Å². The Morgan fingerprint density at radius 1 is 0.783 bits per heavy atom. The zero-order valence-corrected chi connectivity index (χ0v) is 17.7. The molecule has 2 nitrogen and oxygen atoms in total. The van der Waals surface area contributed by atoms with E-state index in [0.717, 1.165) is 45.3 Å². The summed E-state index contributed by atoms with van der Waals surface area (Å²) in [5.74, 6) is 0. The van der Waals surface area contributed by atoms with Gasteiger partial charge in [0.05, 0.1) is 0 Å². The molecule has 0 radical (unpaired) electrons. The van der Waals surface area contributed by atoms with Gasteiger partial charge in [-0.3, -0.25) is 0 Å². The first-order chi connectivity index (χ1) is 10.9. The highest BCUT2D eigenvalue weighted by Gasteiger charge is 2.34. The van der Waals surface area contributed by atoms with Crippen molar-refractivity contribution in [1.82, 2.24) is 10.6 Å². The predicted molar refractivity (Wildman–Crippen MR) is 111 cm³/mol. The maximum Gasteiger partial charge on any atom is 0.0306 e. The minimum Gasteiger partial charge on any atom is -0.314 e. The van der Waals surface area contributed by atoms with Crippen molar-refractivity contribution < 1.29 is 0 Å². The van der Waals surface area contributed by atoms with Crippen LogP contribution in [0.5, 0.6) is 0 Å². The maximum atomic E-state index is 4.93. The average Bonchev–Trinajstić information content (AvgIpc) is 2.60. The maximum absolute atomic E-state index is 4.93. The zero-order chi connectivity index (χ0) is 17.4. The van der Waals surface area contributed by atoms with Crippen LogP contribution in [0.15, 0.2) is 0 Å². The highest BCUT2D eigenvalue weighted by molar-refractivity contribution is 7.82. The molecule has 138 valence electrons. The van der Waals surface area contributed by atoms with Gasteiger partial charge in [0.15, 0.2) is 0 Å². The van der Waals surface area contributed by atoms with Crippen LogP contribution < -0.4 is 10.6 Å². The Labute approximate surface area is 156 Å². The van der Waals surface area contributed by atoms with Crippen LogP contribution in [0.4, 0.5) is 0 Å². The van der Waals surface area contributed by atoms with Gasteiger partial charge < -0.3 is 10.6 Å². The van der Waals surface area contributed by atoms with E-state index in [9.17, 15) is 0 Å². The lowest BCUT2D eigenvalue weighted by atomic mass is 9.80. The van der Waals surface area contributed by atoms with Crippen molar-refractivity contribution in [1.29, 1.82) is 0 Å². The van der Waals surface area contributed by atoms with E-state index in [4.69, 9.17) is 25.3 Å². The van der Waals surface area contributed by atoms with Crippen molar-refractivity contribution >= 4 is 25.3 Å². The summed E-state index contributed by atoms with van der Waals surface area (Å²) in [6, 6.07) is 0. The molecule has 0 aliphatic heterocycles. The first-order valence-corrected chi connectivity index (χ1v) is 10.7. The summed E-state index contributed by atoms with van der Waals surface area (Å²) in [7, 11) is 0. The van der Waals surface area contributed by atoms with E-state index in [0.29, 0.717) is 0 Å². The van der Waals surface area contributed by atoms with Crippen molar-refractivity contribution in [2.75, 3.05) is 19.6 Å². The molecule has 0 unspecified atom stereocenters. The van der Waals surface area contributed by atoms with Gasteiger partial charge in [-0.15, -0.1) is 0 Å². The Hall–Kier alpha value is 0.620. The molecule has 2 N–H and O–H groups in total. The molecule has 23 heavy (non-hydrogen) atoms. The van der Waals surface area contributed by atoms with Crippen molar-refractivity contribution in [3.63, 3.8) is 0 Å². The van der Waals surface area contributed by atoms with Crippen LogP contribution in [0.2, 0.25) is 0 Å². The quantitative estimate of drug-likeness (QED) is 0.396. The Morgan fingerprint density at radius 2 is 1.26 bits per heavy atom. The normalized spacial score (nSPS) is 19.0. The topological polar surface area (TPSA) is 24.1 Å². The molecule has 0 aromatic heterocycles. The summed E-state index contributed by atoms with van der Waals surface area (Å²) in [6.07, 6.45) is 11.1. The lowest BCUT2D eigenvalue weighted by Crippen LogP contribution is -2.57. The second-order valence-electron chi connectivity index (χ2n) is 7.66. The van der Waals surface area contributed by atoms with E-state index in [1.165, 1.54) is 32.1 Å². The van der Waals surface area contributed by atoms with Crippen molar-refractivity contribution in [2.24, 2.45) is 0 Å². The number of hydrogen-bond acceptors (Lipinski definition) is 4. The lowest BCUT2D eigenvalue weighted by Gasteiger charge is -2.42. The molecule has 0 atom stereocenters. The highest BCUT2D eigenvalue weighted by Crippen LogP contribution is 2.31. The molecule has 0 heterocycles. The molecular formula is C19H40N2S2. The van der Waals surface area contributed by atoms with Crippen molar-refractivity contribution in [2.45, 2.75) is 101 Å². The Balaban J connectivity index is 2.60. The fraction of sp³-hybridized carbons (Fsp3) is 1.00. The van der Waals surface area contributed by atoms with E-state index in [2.05, 4.69) is 38.3 Å². The summed E-state index contributed by atoms with van der Waals surface area (Å²) in [5.41, 5.74) is 0.257. The average molecular weight is 361 g/mol. The first-order valence-electron chi connectivity index (χ1n) is 9.77. The fourth-order valence-electron chi connectivity index (χ4n) is 3.53. The van der Waals surface area contributed by atoms with Gasteiger partial charge in [0, 0.05) is 34.7 Å². The SMILES string of the molecule is CCC(S)(CC)CNCC1(NCC(S)(CC)CC)CCCCC1. The number of thiol groups is 2. The largest absolute Gasteiger partial charge is 0.314 e. The Bertz CT molecular complexity index is 319. The van der Waals surface area contributed by atoms with E-state index >= 15 is 0 Å². The molecule has 0 aromatic rings. The molecule has 0 aromatic carbocycles. The lowest BCUT2D eigenvalue weighted by molar-refractivity contribution is 0.212. The Kier molecular flexibility index (Phi) is 9.36. The second kappa shape index (κ2) is 9.94. The van der Waals surface area contributed by atoms with Gasteiger partial charge in [0.2, 0.25) is 0 Å². The molecule has 1 rings (SSSR count). The molecule has 0 amide bonds. The minimum atomic E-state index is 0.130. The highest BCUT2D eigenvalue weighted by atomic mass is 32.1. The van der Waals surface area contributed by atoms with Gasteiger partial charge in [-0.2, -0.15) is 25.3 Å². The van der Waals surface area contributed by atoms with Crippen LogP contribution in [0.25, 0.3) is 0 Å². The van der Waals surface area contributed by atoms with Crippen molar-refractivity contribution in [3.8, 4) is 0 Å². The molecular weight excluding hydrogens is 320 g/mol. The standard InChI is InChI=1S/C19H40N2S2/c1-5-18(22,6-2)15-20-14-17(12-10-9-11-13-17)21-16-19(23,7-3)8-4/h20-23H,5-16H2,1-4H3. The van der Waals surface area contributed by atoms with Gasteiger partial charge in [-0.1, -0.05) is 47.0 Å². The van der Waals surface area contributed by atoms with Crippen molar-refractivity contribution in [3.05, 3.63) is 0 Å². The predicted octanol–water partition coefficient (Wildman–Crippen LogP) is 4.85. The molecule has 1 fully saturated rings. The van der Waals surface area contributed by atoms with E-state index in [1.54, 1.807) is 0 Å². The summed E-state index contributed by atoms with van der Waals surface area (Å²) in [6.45, 7) is 12.1. The van der Waals surface area contributed by atoms with Crippen LogP contribution in [-0.2, 0) is 0 Å². The zero-order valence-electron chi connectivity index (χ0n) is 15.9. The molecule has 1 saturated carbocycles. The smallest absolute Gasteiger partial charge is 0.0306 e. The van der Waals surface area contributed by atoms with Gasteiger partial charge in [0.1, 0.15) is 0 Å². The van der Waals surface area contributed by atoms with Crippen LogP contribution >= 0.6 is 25.3 Å². The molecule has 0 bridgehead atoms. The molecule has 4 heteroatoms. The molecule has 1 aliphatic rings.